The van der Waals surface area contributed by atoms with Crippen LogP contribution in [0, 0.1) is 12.7 Å². The summed E-state index contributed by atoms with van der Waals surface area (Å²) in [6, 6.07) is 13.9. The molecule has 5 nitrogen and oxygen atoms in total. The van der Waals surface area contributed by atoms with Gasteiger partial charge in [-0.05, 0) is 42.3 Å². The van der Waals surface area contributed by atoms with Gasteiger partial charge in [-0.25, -0.2) is 9.37 Å². The third-order valence-electron chi connectivity index (χ3n) is 4.56. The molecular weight excluding hydrogens is 357 g/mol. The highest BCUT2D eigenvalue weighted by Crippen LogP contribution is 2.13. The number of nitrogens with one attached hydrogen (secondary N) is 1. The van der Waals surface area contributed by atoms with Gasteiger partial charge in [0.2, 0.25) is 5.91 Å². The first-order valence-electron chi connectivity index (χ1n) is 9.20. The Balaban J connectivity index is 1.54. The summed E-state index contributed by atoms with van der Waals surface area (Å²) in [5, 5.41) is 2.94. The van der Waals surface area contributed by atoms with E-state index in [-0.39, 0.29) is 11.7 Å². The third-order valence-corrected chi connectivity index (χ3v) is 4.56. The number of ether oxygens (including phenoxy) is 1. The van der Waals surface area contributed by atoms with Crippen molar-refractivity contribution in [1.29, 1.82) is 0 Å². The zero-order chi connectivity index (χ0) is 19.9. The second-order valence-electron chi connectivity index (χ2n) is 6.66. The second-order valence-corrected chi connectivity index (χ2v) is 6.66. The highest BCUT2D eigenvalue weighted by atomic mass is 19.1. The lowest BCUT2D eigenvalue weighted by molar-refractivity contribution is -0.120. The number of nitrogens with zero attached hydrogens (tertiary/aromatic N) is 2. The van der Waals surface area contributed by atoms with Crippen molar-refractivity contribution in [3.8, 4) is 5.75 Å². The predicted molar refractivity (Wildman–Crippen MR) is 106 cm³/mol. The van der Waals surface area contributed by atoms with Crippen LogP contribution in [0.3, 0.4) is 0 Å². The molecule has 0 fully saturated rings. The summed E-state index contributed by atoms with van der Waals surface area (Å²) < 4.78 is 20.4. The van der Waals surface area contributed by atoms with Gasteiger partial charge in [-0.2, -0.15) is 0 Å². The monoisotopic (exact) mass is 381 g/mol. The summed E-state index contributed by atoms with van der Waals surface area (Å²) in [6.07, 6.45) is 2.75. The minimum absolute atomic E-state index is 0.0402. The van der Waals surface area contributed by atoms with E-state index in [9.17, 15) is 9.18 Å². The van der Waals surface area contributed by atoms with Gasteiger partial charge in [0.1, 0.15) is 17.4 Å². The van der Waals surface area contributed by atoms with E-state index in [0.717, 1.165) is 28.4 Å². The summed E-state index contributed by atoms with van der Waals surface area (Å²) >= 11 is 0. The lowest BCUT2D eigenvalue weighted by Gasteiger charge is -2.11. The van der Waals surface area contributed by atoms with E-state index in [1.54, 1.807) is 19.2 Å². The number of hydrogen-bond acceptors (Lipinski definition) is 3. The molecule has 0 aliphatic heterocycles. The Morgan fingerprint density at radius 1 is 1.18 bits per heavy atom. The number of carbonyl (C=O) groups excluding carboxylic acids is 1. The van der Waals surface area contributed by atoms with Gasteiger partial charge in [0.25, 0.3) is 0 Å². The lowest BCUT2D eigenvalue weighted by Crippen LogP contribution is -2.28. The molecule has 1 aromatic heterocycles. The van der Waals surface area contributed by atoms with Gasteiger partial charge >= 0.3 is 0 Å². The van der Waals surface area contributed by atoms with E-state index in [1.807, 2.05) is 37.4 Å². The first-order valence-corrected chi connectivity index (χ1v) is 9.20. The van der Waals surface area contributed by atoms with Crippen LogP contribution in [-0.4, -0.2) is 29.1 Å². The Morgan fingerprint density at radius 2 is 1.96 bits per heavy atom. The number of benzene rings is 2. The van der Waals surface area contributed by atoms with Gasteiger partial charge in [0.15, 0.2) is 0 Å². The SMILES string of the molecule is COc1cccc(CC(=O)NCCc2ncc(C)n2Cc2ccc(F)cc2)c1. The van der Waals surface area contributed by atoms with Gasteiger partial charge in [-0.1, -0.05) is 24.3 Å². The van der Waals surface area contributed by atoms with Crippen LogP contribution in [0.25, 0.3) is 0 Å². The Bertz CT molecular complexity index is 935. The fourth-order valence-electron chi connectivity index (χ4n) is 3.04. The number of rotatable bonds is 8. The first-order chi connectivity index (χ1) is 13.5. The number of methoxy groups -OCH3 is 1. The first kappa shape index (κ1) is 19.6. The number of hydrogen-bond donors (Lipinski definition) is 1. The van der Waals surface area contributed by atoms with Gasteiger partial charge in [0, 0.05) is 31.4 Å². The van der Waals surface area contributed by atoms with E-state index in [1.165, 1.54) is 12.1 Å². The Morgan fingerprint density at radius 3 is 2.71 bits per heavy atom. The van der Waals surface area contributed by atoms with Crippen molar-refractivity contribution in [3.05, 3.63) is 83.2 Å². The molecule has 2 aromatic carbocycles. The molecule has 146 valence electrons. The summed E-state index contributed by atoms with van der Waals surface area (Å²) in [7, 11) is 1.61. The highest BCUT2D eigenvalue weighted by Gasteiger charge is 2.09. The average molecular weight is 381 g/mol. The van der Waals surface area contributed by atoms with Crippen LogP contribution in [0.5, 0.6) is 5.75 Å². The highest BCUT2D eigenvalue weighted by molar-refractivity contribution is 5.78. The van der Waals surface area contributed by atoms with Crippen LogP contribution < -0.4 is 10.1 Å². The van der Waals surface area contributed by atoms with Crippen LogP contribution in [0.15, 0.2) is 54.7 Å². The molecule has 0 unspecified atom stereocenters. The largest absolute Gasteiger partial charge is 0.497 e. The number of aromatic nitrogens is 2. The molecule has 0 aliphatic rings. The molecular formula is C22H24FN3O2. The van der Waals surface area contributed by atoms with E-state index >= 15 is 0 Å². The zero-order valence-electron chi connectivity index (χ0n) is 16.1. The number of halogens is 1. The number of aryl methyl sites for hydroxylation is 1. The standard InChI is InChI=1S/C22H24FN3O2/c1-16-14-25-21(26(16)15-17-6-8-19(23)9-7-17)10-11-24-22(27)13-18-4-3-5-20(12-18)28-2/h3-9,12,14H,10-11,13,15H2,1-2H3,(H,24,27). The maximum Gasteiger partial charge on any atom is 0.224 e. The molecule has 0 bridgehead atoms. The third kappa shape index (κ3) is 5.19. The van der Waals surface area contributed by atoms with E-state index in [2.05, 4.69) is 14.9 Å². The molecule has 0 saturated carbocycles. The number of carbonyl (C=O) groups is 1. The van der Waals surface area contributed by atoms with E-state index in [0.29, 0.717) is 25.9 Å². The number of amides is 1. The minimum Gasteiger partial charge on any atom is -0.497 e. The van der Waals surface area contributed by atoms with Crippen molar-refractivity contribution in [3.63, 3.8) is 0 Å². The maximum atomic E-state index is 13.1. The fraction of sp³-hybridized carbons (Fsp3) is 0.273. The summed E-state index contributed by atoms with van der Waals surface area (Å²) in [6.45, 7) is 3.11. The Labute approximate surface area is 164 Å². The molecule has 6 heteroatoms. The molecule has 28 heavy (non-hydrogen) atoms. The van der Waals surface area contributed by atoms with Crippen LogP contribution in [0.4, 0.5) is 4.39 Å². The fourth-order valence-corrected chi connectivity index (χ4v) is 3.04. The maximum absolute atomic E-state index is 13.1. The van der Waals surface area contributed by atoms with Crippen molar-refractivity contribution >= 4 is 5.91 Å². The molecule has 0 atom stereocenters. The van der Waals surface area contributed by atoms with E-state index < -0.39 is 0 Å². The van der Waals surface area contributed by atoms with Gasteiger partial charge < -0.3 is 14.6 Å². The molecule has 0 saturated heterocycles. The molecule has 3 aromatic rings. The molecule has 3 rings (SSSR count). The number of imidazole rings is 1. The zero-order valence-corrected chi connectivity index (χ0v) is 16.1. The van der Waals surface area contributed by atoms with Crippen LogP contribution in [0.2, 0.25) is 0 Å². The summed E-state index contributed by atoms with van der Waals surface area (Å²) in [5.41, 5.74) is 2.94. The smallest absolute Gasteiger partial charge is 0.224 e. The Kier molecular flexibility index (Phi) is 6.42. The Hall–Kier alpha value is -3.15. The van der Waals surface area contributed by atoms with Crippen LogP contribution in [0.1, 0.15) is 22.6 Å². The summed E-state index contributed by atoms with van der Waals surface area (Å²) in [5.74, 6) is 1.35. The average Bonchev–Trinajstić information content (AvgIpc) is 3.03. The van der Waals surface area contributed by atoms with Crippen LogP contribution >= 0.6 is 0 Å². The quantitative estimate of drug-likeness (QED) is 0.651. The van der Waals surface area contributed by atoms with Crippen molar-refractivity contribution < 1.29 is 13.9 Å². The van der Waals surface area contributed by atoms with Crippen molar-refractivity contribution in [2.24, 2.45) is 0 Å². The molecule has 0 spiro atoms. The van der Waals surface area contributed by atoms with Gasteiger partial charge in [0.05, 0.1) is 13.5 Å². The van der Waals surface area contributed by atoms with Crippen molar-refractivity contribution in [1.82, 2.24) is 14.9 Å². The van der Waals surface area contributed by atoms with Gasteiger partial charge in [-0.15, -0.1) is 0 Å². The summed E-state index contributed by atoms with van der Waals surface area (Å²) in [4.78, 5) is 16.7. The lowest BCUT2D eigenvalue weighted by atomic mass is 10.1. The molecule has 1 amide bonds. The molecule has 1 N–H and O–H groups in total. The predicted octanol–water partition coefficient (Wildman–Crippen LogP) is 3.29. The molecule has 1 heterocycles. The topological polar surface area (TPSA) is 56.1 Å². The van der Waals surface area contributed by atoms with Crippen molar-refractivity contribution in [2.45, 2.75) is 26.3 Å². The van der Waals surface area contributed by atoms with E-state index in [4.69, 9.17) is 4.74 Å². The molecule has 0 aliphatic carbocycles. The van der Waals surface area contributed by atoms with Crippen LogP contribution in [-0.2, 0) is 24.2 Å². The minimum atomic E-state index is -0.245. The van der Waals surface area contributed by atoms with Crippen molar-refractivity contribution in [2.75, 3.05) is 13.7 Å². The van der Waals surface area contributed by atoms with Gasteiger partial charge in [-0.3, -0.25) is 4.79 Å². The molecule has 0 radical (unpaired) electrons. The normalized spacial score (nSPS) is 10.7. The second kappa shape index (κ2) is 9.17.